The Balaban J connectivity index is 5.41. The molecule has 0 aromatic heterocycles. The summed E-state index contributed by atoms with van der Waals surface area (Å²) in [4.78, 5) is 14.9. The van der Waals surface area contributed by atoms with E-state index in [0.717, 1.165) is 0 Å². The van der Waals surface area contributed by atoms with Crippen molar-refractivity contribution in [2.24, 2.45) is 10.8 Å². The lowest BCUT2D eigenvalue weighted by Gasteiger charge is -2.46. The highest BCUT2D eigenvalue weighted by molar-refractivity contribution is 5.89. The highest BCUT2D eigenvalue weighted by atomic mass is 16.1. The lowest BCUT2D eigenvalue weighted by atomic mass is 9.74. The van der Waals surface area contributed by atoms with Crippen molar-refractivity contribution in [1.82, 2.24) is 4.90 Å². The van der Waals surface area contributed by atoms with Crippen molar-refractivity contribution >= 4 is 5.78 Å². The minimum absolute atomic E-state index is 0.00113. The Bertz CT molecular complexity index is 273. The summed E-state index contributed by atoms with van der Waals surface area (Å²) in [6.45, 7) is 18.9. The Morgan fingerprint density at radius 3 is 1.41 bits per heavy atom. The number of likely N-dealkylation sites (N-methyl/N-ethyl adjacent to an activating group) is 1. The third-order valence-electron chi connectivity index (χ3n) is 3.25. The van der Waals surface area contributed by atoms with Gasteiger partial charge in [0.1, 0.15) is 0 Å². The van der Waals surface area contributed by atoms with Crippen molar-refractivity contribution < 1.29 is 4.79 Å². The highest BCUT2D eigenvalue weighted by Gasteiger charge is 2.42. The predicted octanol–water partition coefficient (Wildman–Crippen LogP) is 3.75. The first kappa shape index (κ1) is 16.6. The van der Waals surface area contributed by atoms with Crippen LogP contribution in [0.1, 0.15) is 62.3 Å². The SMILES string of the molecule is CN(C(C(=O)C(C)(C)C)C(C)(C)C)C(C)(C)C. The Morgan fingerprint density at radius 2 is 1.24 bits per heavy atom. The van der Waals surface area contributed by atoms with Crippen molar-refractivity contribution in [2.75, 3.05) is 7.05 Å². The van der Waals surface area contributed by atoms with Gasteiger partial charge in [-0.05, 0) is 33.2 Å². The average Bonchev–Trinajstić information content (AvgIpc) is 1.97. The first-order chi connectivity index (χ1) is 7.19. The van der Waals surface area contributed by atoms with Gasteiger partial charge in [0.25, 0.3) is 0 Å². The predicted molar refractivity (Wildman–Crippen MR) is 75.2 cm³/mol. The van der Waals surface area contributed by atoms with Gasteiger partial charge in [0.05, 0.1) is 6.04 Å². The summed E-state index contributed by atoms with van der Waals surface area (Å²) in [5.74, 6) is 0.322. The third kappa shape index (κ3) is 4.42. The minimum Gasteiger partial charge on any atom is -0.297 e. The molecule has 0 rings (SSSR count). The molecule has 0 aliphatic rings. The van der Waals surface area contributed by atoms with E-state index in [1.807, 2.05) is 20.8 Å². The van der Waals surface area contributed by atoms with Crippen LogP contribution in [0.15, 0.2) is 0 Å². The van der Waals surface area contributed by atoms with Gasteiger partial charge in [-0.2, -0.15) is 0 Å². The number of hydrogen-bond donors (Lipinski definition) is 0. The van der Waals surface area contributed by atoms with Gasteiger partial charge in [0.2, 0.25) is 0 Å². The number of nitrogens with zero attached hydrogens (tertiary/aromatic N) is 1. The maximum absolute atomic E-state index is 12.7. The van der Waals surface area contributed by atoms with E-state index in [0.29, 0.717) is 5.78 Å². The van der Waals surface area contributed by atoms with E-state index in [9.17, 15) is 4.79 Å². The number of ketones is 1. The van der Waals surface area contributed by atoms with Crippen molar-refractivity contribution in [3.63, 3.8) is 0 Å². The molecule has 2 nitrogen and oxygen atoms in total. The quantitative estimate of drug-likeness (QED) is 0.734. The fraction of sp³-hybridized carbons (Fsp3) is 0.933. The van der Waals surface area contributed by atoms with Crippen molar-refractivity contribution in [1.29, 1.82) is 0 Å². The van der Waals surface area contributed by atoms with Crippen LogP contribution in [0.4, 0.5) is 0 Å². The van der Waals surface area contributed by atoms with Gasteiger partial charge in [-0.15, -0.1) is 0 Å². The number of rotatable bonds is 2. The van der Waals surface area contributed by atoms with E-state index >= 15 is 0 Å². The van der Waals surface area contributed by atoms with Crippen LogP contribution in [0.2, 0.25) is 0 Å². The molecular formula is C15H31NO. The van der Waals surface area contributed by atoms with Gasteiger partial charge in [-0.25, -0.2) is 0 Å². The first-order valence-electron chi connectivity index (χ1n) is 6.46. The van der Waals surface area contributed by atoms with Crippen molar-refractivity contribution in [3.05, 3.63) is 0 Å². The molecule has 0 saturated heterocycles. The lowest BCUT2D eigenvalue weighted by Crippen LogP contribution is -2.57. The summed E-state index contributed by atoms with van der Waals surface area (Å²) in [5.41, 5.74) is -0.345. The van der Waals surface area contributed by atoms with Gasteiger partial charge in [-0.1, -0.05) is 41.5 Å². The Hall–Kier alpha value is -0.370. The summed E-state index contributed by atoms with van der Waals surface area (Å²) in [7, 11) is 2.06. The van der Waals surface area contributed by atoms with Crippen LogP contribution in [0.5, 0.6) is 0 Å². The van der Waals surface area contributed by atoms with Crippen LogP contribution in [-0.4, -0.2) is 29.3 Å². The van der Waals surface area contributed by atoms with E-state index in [4.69, 9.17) is 0 Å². The molecule has 0 heterocycles. The van der Waals surface area contributed by atoms with Crippen LogP contribution < -0.4 is 0 Å². The molecular weight excluding hydrogens is 210 g/mol. The molecule has 17 heavy (non-hydrogen) atoms. The standard InChI is InChI=1S/C15H31NO/c1-13(2,3)11(12(17)14(4,5)6)16(10)15(7,8)9/h11H,1-10H3. The number of hydrogen-bond acceptors (Lipinski definition) is 2. The topological polar surface area (TPSA) is 20.3 Å². The average molecular weight is 241 g/mol. The van der Waals surface area contributed by atoms with Crippen LogP contribution >= 0.6 is 0 Å². The highest BCUT2D eigenvalue weighted by Crippen LogP contribution is 2.33. The second-order valence-electron chi connectivity index (χ2n) is 8.16. The molecule has 1 unspecified atom stereocenters. The van der Waals surface area contributed by atoms with Gasteiger partial charge in [0, 0.05) is 11.0 Å². The lowest BCUT2D eigenvalue weighted by molar-refractivity contribution is -0.137. The first-order valence-corrected chi connectivity index (χ1v) is 6.46. The van der Waals surface area contributed by atoms with Crippen LogP contribution in [0.3, 0.4) is 0 Å². The zero-order valence-electron chi connectivity index (χ0n) is 13.4. The van der Waals surface area contributed by atoms with Gasteiger partial charge < -0.3 is 0 Å². The molecule has 0 bridgehead atoms. The van der Waals surface area contributed by atoms with Gasteiger partial charge in [0.15, 0.2) is 5.78 Å². The normalized spacial score (nSPS) is 16.2. The molecule has 1 atom stereocenters. The fourth-order valence-electron chi connectivity index (χ4n) is 1.95. The van der Waals surface area contributed by atoms with Gasteiger partial charge >= 0.3 is 0 Å². The van der Waals surface area contributed by atoms with Crippen molar-refractivity contribution in [3.8, 4) is 0 Å². The molecule has 102 valence electrons. The summed E-state index contributed by atoms with van der Waals surface area (Å²) in [6, 6.07) is -0.0532. The van der Waals surface area contributed by atoms with Crippen LogP contribution in [0, 0.1) is 10.8 Å². The molecule has 0 aromatic rings. The molecule has 0 aliphatic heterocycles. The molecule has 0 N–H and O–H groups in total. The maximum atomic E-state index is 12.7. The smallest absolute Gasteiger partial charge is 0.155 e. The Labute approximate surface area is 108 Å². The summed E-state index contributed by atoms with van der Waals surface area (Å²) < 4.78 is 0. The minimum atomic E-state index is -0.294. The monoisotopic (exact) mass is 241 g/mol. The molecule has 0 fully saturated rings. The molecule has 0 radical (unpaired) electrons. The van der Waals surface area contributed by atoms with Gasteiger partial charge in [-0.3, -0.25) is 9.69 Å². The molecule has 0 aliphatic carbocycles. The summed E-state index contributed by atoms with van der Waals surface area (Å²) >= 11 is 0. The maximum Gasteiger partial charge on any atom is 0.155 e. The second kappa shape index (κ2) is 4.72. The molecule has 0 amide bonds. The third-order valence-corrected chi connectivity index (χ3v) is 3.25. The number of Topliss-reactive ketones (excluding diaryl/α,β-unsaturated/α-hetero) is 1. The zero-order valence-corrected chi connectivity index (χ0v) is 13.4. The Kier molecular flexibility index (Phi) is 4.61. The molecule has 0 spiro atoms. The molecule has 0 saturated carbocycles. The van der Waals surface area contributed by atoms with Crippen molar-refractivity contribution in [2.45, 2.75) is 73.9 Å². The summed E-state index contributed by atoms with van der Waals surface area (Å²) in [6.07, 6.45) is 0. The largest absolute Gasteiger partial charge is 0.297 e. The van der Waals surface area contributed by atoms with E-state index in [-0.39, 0.29) is 22.4 Å². The van der Waals surface area contributed by atoms with E-state index in [1.165, 1.54) is 0 Å². The summed E-state index contributed by atoms with van der Waals surface area (Å²) in [5, 5.41) is 0. The molecule has 0 aromatic carbocycles. The van der Waals surface area contributed by atoms with Crippen LogP contribution in [-0.2, 0) is 4.79 Å². The molecule has 2 heteroatoms. The number of carbonyl (C=O) groups is 1. The second-order valence-corrected chi connectivity index (χ2v) is 8.16. The van der Waals surface area contributed by atoms with Crippen LogP contribution in [0.25, 0.3) is 0 Å². The number of carbonyl (C=O) groups excluding carboxylic acids is 1. The van der Waals surface area contributed by atoms with E-state index in [1.54, 1.807) is 0 Å². The van der Waals surface area contributed by atoms with E-state index < -0.39 is 0 Å². The van der Waals surface area contributed by atoms with E-state index in [2.05, 4.69) is 53.5 Å². The Morgan fingerprint density at radius 1 is 0.882 bits per heavy atom. The zero-order chi connectivity index (χ0) is 14.2. The fourth-order valence-corrected chi connectivity index (χ4v) is 1.95.